The van der Waals surface area contributed by atoms with Gasteiger partial charge in [-0.1, -0.05) is 41.1 Å². The molecule has 0 saturated carbocycles. The number of aromatic nitrogens is 1. The molecule has 164 valence electrons. The molecule has 0 aliphatic carbocycles. The number of carbonyl (C=O) groups excluding carboxylic acids is 1. The summed E-state index contributed by atoms with van der Waals surface area (Å²) < 4.78 is 12.3. The second kappa shape index (κ2) is 8.64. The van der Waals surface area contributed by atoms with Gasteiger partial charge in [-0.3, -0.25) is 9.36 Å². The molecule has 0 amide bonds. The van der Waals surface area contributed by atoms with Crippen LogP contribution in [0.25, 0.3) is 6.08 Å². The number of para-hydroxylation sites is 1. The number of ether oxygens (including phenoxy) is 2. The van der Waals surface area contributed by atoms with Crippen LogP contribution in [0, 0.1) is 0 Å². The highest BCUT2D eigenvalue weighted by atomic mass is 35.5. The quantitative estimate of drug-likeness (QED) is 0.592. The van der Waals surface area contributed by atoms with E-state index in [0.29, 0.717) is 36.9 Å². The number of hydrogen-bond donors (Lipinski definition) is 1. The predicted molar refractivity (Wildman–Crippen MR) is 122 cm³/mol. The van der Waals surface area contributed by atoms with E-state index in [-0.39, 0.29) is 16.9 Å². The van der Waals surface area contributed by atoms with Crippen molar-refractivity contribution >= 4 is 35.0 Å². The van der Waals surface area contributed by atoms with Crippen molar-refractivity contribution in [3.05, 3.63) is 89.6 Å². The Labute approximate surface area is 192 Å². The Morgan fingerprint density at radius 1 is 1.25 bits per heavy atom. The van der Waals surface area contributed by atoms with Crippen LogP contribution in [-0.2, 0) is 9.53 Å². The fourth-order valence-corrected chi connectivity index (χ4v) is 4.87. The number of nitrogens with zero attached hydrogens (tertiary/aromatic N) is 2. The Kier molecular flexibility index (Phi) is 5.90. The lowest BCUT2D eigenvalue weighted by Gasteiger charge is -2.25. The van der Waals surface area contributed by atoms with E-state index in [0.717, 1.165) is 11.3 Å². The fourth-order valence-electron chi connectivity index (χ4n) is 3.66. The second-order valence-electron chi connectivity index (χ2n) is 7.02. The molecule has 1 aliphatic rings. The first-order chi connectivity index (χ1) is 15.3. The van der Waals surface area contributed by atoms with Crippen LogP contribution in [0.4, 0.5) is 0 Å². The van der Waals surface area contributed by atoms with Crippen molar-refractivity contribution in [1.29, 1.82) is 0 Å². The lowest BCUT2D eigenvalue weighted by molar-refractivity contribution is -0.136. The summed E-state index contributed by atoms with van der Waals surface area (Å²) in [5, 5.41) is 10.6. The van der Waals surface area contributed by atoms with Gasteiger partial charge >= 0.3 is 5.97 Å². The van der Waals surface area contributed by atoms with E-state index >= 15 is 0 Å². The average molecular weight is 471 g/mol. The van der Waals surface area contributed by atoms with E-state index < -0.39 is 12.0 Å². The van der Waals surface area contributed by atoms with Gasteiger partial charge in [-0.25, -0.2) is 9.79 Å². The third-order valence-electron chi connectivity index (χ3n) is 5.14. The molecule has 2 aromatic carbocycles. The number of esters is 1. The monoisotopic (exact) mass is 470 g/mol. The number of allylic oxidation sites excluding steroid dienone is 1. The number of phenols is 1. The van der Waals surface area contributed by atoms with Crippen LogP contribution in [0.2, 0.25) is 5.02 Å². The fraction of sp³-hybridized carbons (Fsp3) is 0.174. The average Bonchev–Trinajstić information content (AvgIpc) is 3.08. The summed E-state index contributed by atoms with van der Waals surface area (Å²) in [6.07, 6.45) is 1.60. The molecule has 0 saturated heterocycles. The maximum Gasteiger partial charge on any atom is 0.338 e. The molecule has 1 aromatic heterocycles. The largest absolute Gasteiger partial charge is 0.507 e. The highest BCUT2D eigenvalue weighted by Gasteiger charge is 2.35. The Morgan fingerprint density at radius 3 is 2.69 bits per heavy atom. The van der Waals surface area contributed by atoms with E-state index in [1.807, 2.05) is 0 Å². The summed E-state index contributed by atoms with van der Waals surface area (Å²) in [7, 11) is 2.78. The van der Waals surface area contributed by atoms with Crippen LogP contribution in [0.5, 0.6) is 11.5 Å². The molecule has 0 unspecified atom stereocenters. The molecule has 1 N–H and O–H groups in total. The molecule has 1 atom stereocenters. The number of benzene rings is 2. The summed E-state index contributed by atoms with van der Waals surface area (Å²) >= 11 is 7.42. The zero-order chi connectivity index (χ0) is 23.0. The smallest absolute Gasteiger partial charge is 0.338 e. The van der Waals surface area contributed by atoms with Crippen molar-refractivity contribution in [2.75, 3.05) is 14.2 Å². The Morgan fingerprint density at radius 2 is 2.00 bits per heavy atom. The van der Waals surface area contributed by atoms with E-state index in [4.69, 9.17) is 21.1 Å². The van der Waals surface area contributed by atoms with Crippen molar-refractivity contribution in [3.8, 4) is 11.5 Å². The molecule has 7 nitrogen and oxygen atoms in total. The van der Waals surface area contributed by atoms with Crippen molar-refractivity contribution in [2.45, 2.75) is 13.0 Å². The summed E-state index contributed by atoms with van der Waals surface area (Å²) in [4.78, 5) is 31.2. The molecule has 0 fully saturated rings. The van der Waals surface area contributed by atoms with E-state index in [2.05, 4.69) is 4.99 Å². The minimum atomic E-state index is -0.848. The highest BCUT2D eigenvalue weighted by molar-refractivity contribution is 7.07. The van der Waals surface area contributed by atoms with Gasteiger partial charge in [-0.05, 0) is 37.3 Å². The van der Waals surface area contributed by atoms with Gasteiger partial charge in [0.1, 0.15) is 17.5 Å². The molecule has 9 heteroatoms. The number of fused-ring (bicyclic) bond motifs is 1. The van der Waals surface area contributed by atoms with Crippen LogP contribution in [0.3, 0.4) is 0 Å². The zero-order valence-corrected chi connectivity index (χ0v) is 19.0. The molecular weight excluding hydrogens is 452 g/mol. The van der Waals surface area contributed by atoms with Crippen LogP contribution in [0.1, 0.15) is 24.1 Å². The number of methoxy groups -OCH3 is 2. The molecule has 1 aliphatic heterocycles. The van der Waals surface area contributed by atoms with Crippen LogP contribution < -0.4 is 19.6 Å². The predicted octanol–water partition coefficient (Wildman–Crippen LogP) is 2.78. The Hall–Kier alpha value is -3.36. The van der Waals surface area contributed by atoms with Crippen LogP contribution >= 0.6 is 22.9 Å². The van der Waals surface area contributed by atoms with Gasteiger partial charge in [0, 0.05) is 16.1 Å². The SMILES string of the molecule is COC(=O)C1=C(C)N=c2s/c(=C\c3ccccc3O)c(=O)n2[C@@H]1c1cc(Cl)ccc1OC. The maximum absolute atomic E-state index is 13.5. The number of aromatic hydroxyl groups is 1. The van der Waals surface area contributed by atoms with Gasteiger partial charge in [0.05, 0.1) is 30.0 Å². The third-order valence-corrected chi connectivity index (χ3v) is 6.35. The van der Waals surface area contributed by atoms with E-state index in [1.54, 1.807) is 55.5 Å². The van der Waals surface area contributed by atoms with Crippen molar-refractivity contribution in [2.24, 2.45) is 4.99 Å². The first-order valence-corrected chi connectivity index (χ1v) is 10.8. The number of hydrogen-bond acceptors (Lipinski definition) is 7. The van der Waals surface area contributed by atoms with E-state index in [9.17, 15) is 14.7 Å². The van der Waals surface area contributed by atoms with Gasteiger partial charge in [-0.15, -0.1) is 0 Å². The maximum atomic E-state index is 13.5. The van der Waals surface area contributed by atoms with E-state index in [1.165, 1.54) is 18.8 Å². The van der Waals surface area contributed by atoms with Gasteiger partial charge in [0.25, 0.3) is 5.56 Å². The molecule has 4 rings (SSSR count). The van der Waals surface area contributed by atoms with Gasteiger partial charge in [0.15, 0.2) is 4.80 Å². The van der Waals surface area contributed by atoms with Crippen molar-refractivity contribution in [1.82, 2.24) is 4.57 Å². The summed E-state index contributed by atoms with van der Waals surface area (Å²) in [5.41, 5.74) is 1.32. The molecule has 0 bridgehead atoms. The van der Waals surface area contributed by atoms with Crippen LogP contribution in [-0.4, -0.2) is 29.9 Å². The molecule has 0 spiro atoms. The normalized spacial score (nSPS) is 15.9. The number of halogens is 1. The summed E-state index contributed by atoms with van der Waals surface area (Å²) in [6.45, 7) is 1.69. The topological polar surface area (TPSA) is 90.1 Å². The minimum Gasteiger partial charge on any atom is -0.507 e. The van der Waals surface area contributed by atoms with Gasteiger partial charge in [0.2, 0.25) is 0 Å². The van der Waals surface area contributed by atoms with Gasteiger partial charge in [-0.2, -0.15) is 0 Å². The molecule has 0 radical (unpaired) electrons. The third kappa shape index (κ3) is 3.72. The zero-order valence-electron chi connectivity index (χ0n) is 17.5. The molecule has 3 aromatic rings. The first-order valence-electron chi connectivity index (χ1n) is 9.58. The highest BCUT2D eigenvalue weighted by Crippen LogP contribution is 2.37. The first kappa shape index (κ1) is 21.9. The second-order valence-corrected chi connectivity index (χ2v) is 8.46. The van der Waals surface area contributed by atoms with Crippen molar-refractivity contribution < 1.29 is 19.4 Å². The minimum absolute atomic E-state index is 0.0535. The van der Waals surface area contributed by atoms with Gasteiger partial charge < -0.3 is 14.6 Å². The standard InChI is InChI=1S/C23H19ClN2O5S/c1-12-19(22(29)31-3)20(15-11-14(24)8-9-17(15)30-2)26-21(28)18(32-23(26)25-12)10-13-6-4-5-7-16(13)27/h4-11,20,27H,1-3H3/b18-10-/t20-/m1/s1. The number of phenolic OH excluding ortho intramolecular Hbond substituents is 1. The summed E-state index contributed by atoms with van der Waals surface area (Å²) in [5.74, 6) is -0.0862. The summed E-state index contributed by atoms with van der Waals surface area (Å²) in [6, 6.07) is 10.9. The Bertz CT molecular complexity index is 1440. The molecule has 2 heterocycles. The number of rotatable bonds is 4. The van der Waals surface area contributed by atoms with Crippen molar-refractivity contribution in [3.63, 3.8) is 0 Å². The molecular formula is C23H19ClN2O5S. The lowest BCUT2D eigenvalue weighted by atomic mass is 9.95. The molecule has 32 heavy (non-hydrogen) atoms. The lowest BCUT2D eigenvalue weighted by Crippen LogP contribution is -2.40. The van der Waals surface area contributed by atoms with Crippen LogP contribution in [0.15, 0.2) is 63.5 Å². The number of thiazole rings is 1. The number of carbonyl (C=O) groups is 1. The Balaban J connectivity index is 2.05.